The van der Waals surface area contributed by atoms with Gasteiger partial charge in [0, 0.05) is 38.0 Å². The van der Waals surface area contributed by atoms with Crippen molar-refractivity contribution in [3.8, 4) is 0 Å². The summed E-state index contributed by atoms with van der Waals surface area (Å²) in [4.78, 5) is 48.3. The van der Waals surface area contributed by atoms with Crippen LogP contribution in [-0.4, -0.2) is 60.4 Å². The number of hydrogen-bond acceptors (Lipinski definition) is 7. The maximum Gasteiger partial charge on any atom is 0.282 e. The van der Waals surface area contributed by atoms with Crippen molar-refractivity contribution in [2.45, 2.75) is 24.7 Å². The highest BCUT2D eigenvalue weighted by molar-refractivity contribution is 7.90. The predicted octanol–water partition coefficient (Wildman–Crippen LogP) is 1.79. The second kappa shape index (κ2) is 9.36. The van der Waals surface area contributed by atoms with Crippen molar-refractivity contribution in [2.75, 3.05) is 24.7 Å². The fourth-order valence-electron chi connectivity index (χ4n) is 3.49. The zero-order valence-corrected chi connectivity index (χ0v) is 18.8. The summed E-state index contributed by atoms with van der Waals surface area (Å²) in [6.07, 6.45) is 1.49. The van der Waals surface area contributed by atoms with Gasteiger partial charge < -0.3 is 5.32 Å². The molecule has 12 heteroatoms. The Balaban J connectivity index is 1.83. The number of anilines is 1. The Morgan fingerprint density at radius 2 is 1.70 bits per heavy atom. The maximum absolute atomic E-state index is 13.2. The summed E-state index contributed by atoms with van der Waals surface area (Å²) in [5, 5.41) is 16.3. The van der Waals surface area contributed by atoms with Crippen molar-refractivity contribution >= 4 is 38.9 Å². The molecule has 1 saturated heterocycles. The number of amides is 3. The van der Waals surface area contributed by atoms with Gasteiger partial charge in [-0.2, -0.15) is 0 Å². The Bertz CT molecular complexity index is 1230. The molecule has 3 amide bonds. The molecular formula is C21H22N4O7S. The van der Waals surface area contributed by atoms with Gasteiger partial charge in [-0.05, 0) is 36.2 Å². The van der Waals surface area contributed by atoms with Crippen LogP contribution >= 0.6 is 0 Å². The van der Waals surface area contributed by atoms with E-state index in [1.165, 1.54) is 48.3 Å². The zero-order chi connectivity index (χ0) is 24.3. The smallest absolute Gasteiger partial charge is 0.282 e. The summed E-state index contributed by atoms with van der Waals surface area (Å²) in [7, 11) is -3.37. The molecule has 2 aromatic rings. The molecule has 0 aliphatic carbocycles. The van der Waals surface area contributed by atoms with Gasteiger partial charge in [0.25, 0.3) is 11.6 Å². The molecule has 0 unspecified atom stereocenters. The van der Waals surface area contributed by atoms with Crippen LogP contribution in [0.5, 0.6) is 0 Å². The van der Waals surface area contributed by atoms with E-state index in [2.05, 4.69) is 5.32 Å². The highest BCUT2D eigenvalue weighted by Crippen LogP contribution is 2.26. The minimum Gasteiger partial charge on any atom is -0.326 e. The van der Waals surface area contributed by atoms with Gasteiger partial charge in [-0.1, -0.05) is 12.1 Å². The molecule has 1 aliphatic heterocycles. The molecule has 0 radical (unpaired) electrons. The Morgan fingerprint density at radius 1 is 1.06 bits per heavy atom. The lowest BCUT2D eigenvalue weighted by molar-refractivity contribution is -0.385. The van der Waals surface area contributed by atoms with Crippen LogP contribution in [0.4, 0.5) is 11.4 Å². The van der Waals surface area contributed by atoms with E-state index in [0.717, 1.165) is 17.3 Å². The molecule has 174 valence electrons. The molecule has 3 rings (SSSR count). The van der Waals surface area contributed by atoms with E-state index in [0.29, 0.717) is 12.0 Å². The zero-order valence-electron chi connectivity index (χ0n) is 18.0. The topological polar surface area (TPSA) is 147 Å². The first-order valence-electron chi connectivity index (χ1n) is 9.94. The number of sulfone groups is 1. The highest BCUT2D eigenvalue weighted by Gasteiger charge is 2.34. The number of nitro benzene ring substituents is 1. The standard InChI is InChI=1S/C21H22N4O7S/c1-14(26)22-16-6-9-19(25(29)30)18(13-16)21(28)24-11-3-10-23(24)20(27)12-15-4-7-17(8-5-15)33(2,31)32/h4-9,13H,3,10-12H2,1-2H3,(H,22,26). The normalized spacial score (nSPS) is 13.6. The number of hydrazine groups is 1. The van der Waals surface area contributed by atoms with Gasteiger partial charge >= 0.3 is 0 Å². The van der Waals surface area contributed by atoms with Crippen LogP contribution in [0.1, 0.15) is 29.3 Å². The van der Waals surface area contributed by atoms with Crippen LogP contribution in [0.3, 0.4) is 0 Å². The largest absolute Gasteiger partial charge is 0.326 e. The molecular weight excluding hydrogens is 452 g/mol. The predicted molar refractivity (Wildman–Crippen MR) is 118 cm³/mol. The Hall–Kier alpha value is -3.80. The second-order valence-electron chi connectivity index (χ2n) is 7.56. The fraction of sp³-hybridized carbons (Fsp3) is 0.286. The van der Waals surface area contributed by atoms with Crippen molar-refractivity contribution in [1.82, 2.24) is 10.0 Å². The first-order valence-corrected chi connectivity index (χ1v) is 11.8. The number of carbonyl (C=O) groups excluding carboxylic acids is 3. The van der Waals surface area contributed by atoms with E-state index in [-0.39, 0.29) is 35.7 Å². The van der Waals surface area contributed by atoms with Crippen LogP contribution in [0.15, 0.2) is 47.4 Å². The summed E-state index contributed by atoms with van der Waals surface area (Å²) in [5.41, 5.74) is 0.0954. The highest BCUT2D eigenvalue weighted by atomic mass is 32.2. The van der Waals surface area contributed by atoms with Gasteiger partial charge in [0.1, 0.15) is 5.56 Å². The van der Waals surface area contributed by atoms with E-state index in [1.807, 2.05) is 0 Å². The third-order valence-electron chi connectivity index (χ3n) is 5.00. The van der Waals surface area contributed by atoms with Crippen LogP contribution in [-0.2, 0) is 25.8 Å². The number of nitrogens with zero attached hydrogens (tertiary/aromatic N) is 3. The number of rotatable bonds is 6. The van der Waals surface area contributed by atoms with E-state index in [1.54, 1.807) is 0 Å². The van der Waals surface area contributed by atoms with Gasteiger partial charge in [0.15, 0.2) is 9.84 Å². The van der Waals surface area contributed by atoms with Crippen LogP contribution < -0.4 is 5.32 Å². The molecule has 1 N–H and O–H groups in total. The van der Waals surface area contributed by atoms with Gasteiger partial charge in [0.05, 0.1) is 16.2 Å². The molecule has 1 heterocycles. The van der Waals surface area contributed by atoms with Crippen LogP contribution in [0, 0.1) is 10.1 Å². The molecule has 1 fully saturated rings. The van der Waals surface area contributed by atoms with Crippen molar-refractivity contribution in [3.05, 3.63) is 63.7 Å². The third kappa shape index (κ3) is 5.52. The molecule has 0 bridgehead atoms. The maximum atomic E-state index is 13.2. The molecule has 1 aliphatic rings. The molecule has 0 spiro atoms. The summed E-state index contributed by atoms with van der Waals surface area (Å²) in [6.45, 7) is 1.72. The monoisotopic (exact) mass is 474 g/mol. The minimum absolute atomic E-state index is 0.0815. The van der Waals surface area contributed by atoms with E-state index in [4.69, 9.17) is 0 Å². The van der Waals surface area contributed by atoms with Gasteiger partial charge in [-0.3, -0.25) is 29.5 Å². The van der Waals surface area contributed by atoms with E-state index >= 15 is 0 Å². The summed E-state index contributed by atoms with van der Waals surface area (Å²) < 4.78 is 23.2. The Labute approximate surface area is 190 Å². The molecule has 33 heavy (non-hydrogen) atoms. The molecule has 11 nitrogen and oxygen atoms in total. The number of carbonyl (C=O) groups is 3. The van der Waals surface area contributed by atoms with Crippen molar-refractivity contribution < 1.29 is 27.7 Å². The lowest BCUT2D eigenvalue weighted by Gasteiger charge is -2.28. The summed E-state index contributed by atoms with van der Waals surface area (Å²) in [6, 6.07) is 9.53. The first kappa shape index (κ1) is 23.9. The number of nitrogens with one attached hydrogen (secondary N) is 1. The average Bonchev–Trinajstić information content (AvgIpc) is 3.22. The van der Waals surface area contributed by atoms with Crippen molar-refractivity contribution in [1.29, 1.82) is 0 Å². The molecule has 0 atom stereocenters. The van der Waals surface area contributed by atoms with E-state index in [9.17, 15) is 32.9 Å². The lowest BCUT2D eigenvalue weighted by Crippen LogP contribution is -2.45. The van der Waals surface area contributed by atoms with Gasteiger partial charge in [-0.25, -0.2) is 13.4 Å². The molecule has 0 aromatic heterocycles. The van der Waals surface area contributed by atoms with Gasteiger partial charge in [-0.15, -0.1) is 0 Å². The molecule has 0 saturated carbocycles. The number of benzene rings is 2. The Kier molecular flexibility index (Phi) is 6.77. The lowest BCUT2D eigenvalue weighted by atomic mass is 10.1. The second-order valence-corrected chi connectivity index (χ2v) is 9.58. The van der Waals surface area contributed by atoms with Crippen molar-refractivity contribution in [3.63, 3.8) is 0 Å². The van der Waals surface area contributed by atoms with Crippen molar-refractivity contribution in [2.24, 2.45) is 0 Å². The fourth-order valence-corrected chi connectivity index (χ4v) is 4.12. The van der Waals surface area contributed by atoms with Gasteiger partial charge in [0.2, 0.25) is 11.8 Å². The SMILES string of the molecule is CC(=O)Nc1ccc([N+](=O)[O-])c(C(=O)N2CCCN2C(=O)Cc2ccc(S(C)(=O)=O)cc2)c1. The van der Waals surface area contributed by atoms with Crippen LogP contribution in [0.2, 0.25) is 0 Å². The number of nitro groups is 1. The minimum atomic E-state index is -3.37. The first-order chi connectivity index (χ1) is 15.5. The average molecular weight is 474 g/mol. The van der Waals surface area contributed by atoms with Crippen LogP contribution in [0.25, 0.3) is 0 Å². The molecule has 2 aromatic carbocycles. The summed E-state index contributed by atoms with van der Waals surface area (Å²) in [5.74, 6) is -1.54. The number of hydrogen-bond donors (Lipinski definition) is 1. The summed E-state index contributed by atoms with van der Waals surface area (Å²) >= 11 is 0. The quantitative estimate of drug-likeness (QED) is 0.496. The Morgan fingerprint density at radius 3 is 2.27 bits per heavy atom. The third-order valence-corrected chi connectivity index (χ3v) is 6.13. The van der Waals surface area contributed by atoms with E-state index < -0.39 is 38.2 Å².